The van der Waals surface area contributed by atoms with E-state index in [1.807, 2.05) is 0 Å². The van der Waals surface area contributed by atoms with Crippen molar-refractivity contribution in [3.05, 3.63) is 52.5 Å². The third kappa shape index (κ3) is 3.46. The number of aromatic nitrogens is 3. The fourth-order valence-electron chi connectivity index (χ4n) is 2.12. The summed E-state index contributed by atoms with van der Waals surface area (Å²) in [6.07, 6.45) is 1.52. The first-order chi connectivity index (χ1) is 10.2. The minimum absolute atomic E-state index is 0.317. The third-order valence-electron chi connectivity index (χ3n) is 3.14. The second-order valence-electron chi connectivity index (χ2n) is 4.75. The van der Waals surface area contributed by atoms with Gasteiger partial charge in [0, 0.05) is 15.5 Å². The monoisotopic (exact) mass is 316 g/mol. The predicted molar refractivity (Wildman–Crippen MR) is 88.0 cm³/mol. The average Bonchev–Trinajstić information content (AvgIpc) is 3.12. The van der Waals surface area contributed by atoms with Gasteiger partial charge in [0.1, 0.15) is 6.33 Å². The van der Waals surface area contributed by atoms with Gasteiger partial charge in [0.2, 0.25) is 0 Å². The molecule has 3 aromatic rings. The van der Waals surface area contributed by atoms with Crippen LogP contribution in [0.4, 0.5) is 5.69 Å². The number of hydrogen-bond acceptors (Lipinski definition) is 5. The van der Waals surface area contributed by atoms with Crippen molar-refractivity contribution in [2.45, 2.75) is 29.9 Å². The third-order valence-corrected chi connectivity index (χ3v) is 5.24. The topological polar surface area (TPSA) is 53.6 Å². The van der Waals surface area contributed by atoms with E-state index in [2.05, 4.69) is 70.1 Å². The van der Waals surface area contributed by atoms with Gasteiger partial charge in [-0.15, -0.1) is 11.3 Å². The van der Waals surface area contributed by atoms with Gasteiger partial charge in [0.05, 0.1) is 6.04 Å². The predicted octanol–water partition coefficient (Wildman–Crippen LogP) is 4.50. The lowest BCUT2D eigenvalue weighted by molar-refractivity contribution is 0.898. The Hall–Kier alpha value is -1.79. The smallest absolute Gasteiger partial charge is 0.188 e. The van der Waals surface area contributed by atoms with Gasteiger partial charge in [-0.25, -0.2) is 4.98 Å². The van der Waals surface area contributed by atoms with E-state index in [-0.39, 0.29) is 0 Å². The molecule has 0 aliphatic carbocycles. The van der Waals surface area contributed by atoms with Crippen molar-refractivity contribution in [2.24, 2.45) is 0 Å². The molecule has 3 rings (SSSR count). The van der Waals surface area contributed by atoms with Crippen molar-refractivity contribution in [1.82, 2.24) is 15.2 Å². The van der Waals surface area contributed by atoms with Gasteiger partial charge < -0.3 is 5.32 Å². The largest absolute Gasteiger partial charge is 0.378 e. The molecule has 0 spiro atoms. The van der Waals surface area contributed by atoms with Crippen LogP contribution in [0.25, 0.3) is 0 Å². The molecule has 0 aliphatic heterocycles. The van der Waals surface area contributed by atoms with E-state index in [4.69, 9.17) is 0 Å². The highest BCUT2D eigenvalue weighted by Crippen LogP contribution is 2.29. The van der Waals surface area contributed by atoms with Crippen LogP contribution in [-0.4, -0.2) is 15.2 Å². The lowest BCUT2D eigenvalue weighted by atomic mass is 10.2. The van der Waals surface area contributed by atoms with Crippen LogP contribution >= 0.6 is 23.1 Å². The van der Waals surface area contributed by atoms with Crippen molar-refractivity contribution in [3.63, 3.8) is 0 Å². The number of anilines is 1. The van der Waals surface area contributed by atoms with Crippen LogP contribution in [0.15, 0.2) is 52.1 Å². The molecular formula is C15H16N4S2. The van der Waals surface area contributed by atoms with Gasteiger partial charge in [0.25, 0.3) is 0 Å². The zero-order valence-corrected chi connectivity index (χ0v) is 13.5. The summed E-state index contributed by atoms with van der Waals surface area (Å²) in [7, 11) is 0. The molecule has 2 N–H and O–H groups in total. The summed E-state index contributed by atoms with van der Waals surface area (Å²) in [5.41, 5.74) is 2.47. The summed E-state index contributed by atoms with van der Waals surface area (Å²) in [6.45, 7) is 4.34. The Kier molecular flexibility index (Phi) is 4.26. The number of thiophene rings is 1. The number of aryl methyl sites for hydroxylation is 1. The number of benzene rings is 1. The Morgan fingerprint density at radius 1 is 1.24 bits per heavy atom. The summed E-state index contributed by atoms with van der Waals surface area (Å²) in [6, 6.07) is 10.8. The molecule has 0 bridgehead atoms. The second kappa shape index (κ2) is 6.32. The zero-order chi connectivity index (χ0) is 14.7. The van der Waals surface area contributed by atoms with Crippen LogP contribution in [0.1, 0.15) is 23.4 Å². The van der Waals surface area contributed by atoms with Gasteiger partial charge in [-0.3, -0.25) is 5.10 Å². The number of nitrogens with zero attached hydrogens (tertiary/aromatic N) is 2. The van der Waals surface area contributed by atoms with Gasteiger partial charge in [-0.1, -0.05) is 11.8 Å². The molecule has 1 unspecified atom stereocenters. The van der Waals surface area contributed by atoms with Crippen molar-refractivity contribution in [1.29, 1.82) is 0 Å². The molecule has 0 radical (unpaired) electrons. The molecule has 21 heavy (non-hydrogen) atoms. The second-order valence-corrected chi connectivity index (χ2v) is 6.76. The van der Waals surface area contributed by atoms with E-state index in [9.17, 15) is 0 Å². The molecular weight excluding hydrogens is 300 g/mol. The summed E-state index contributed by atoms with van der Waals surface area (Å²) < 4.78 is 0. The van der Waals surface area contributed by atoms with Gasteiger partial charge in [-0.2, -0.15) is 5.10 Å². The molecule has 2 aromatic heterocycles. The molecule has 0 amide bonds. The van der Waals surface area contributed by atoms with E-state index in [0.717, 1.165) is 15.7 Å². The highest BCUT2D eigenvalue weighted by molar-refractivity contribution is 7.99. The first kappa shape index (κ1) is 14.2. The lowest BCUT2D eigenvalue weighted by Crippen LogP contribution is -2.05. The Morgan fingerprint density at radius 2 is 2.05 bits per heavy atom. The first-order valence-corrected chi connectivity index (χ1v) is 8.36. The summed E-state index contributed by atoms with van der Waals surface area (Å²) in [5.74, 6) is 0. The highest BCUT2D eigenvalue weighted by atomic mass is 32.2. The Bertz CT molecular complexity index is 689. The van der Waals surface area contributed by atoms with E-state index in [0.29, 0.717) is 6.04 Å². The van der Waals surface area contributed by atoms with E-state index < -0.39 is 0 Å². The Morgan fingerprint density at radius 3 is 2.67 bits per heavy atom. The molecule has 4 nitrogen and oxygen atoms in total. The molecule has 0 saturated carbocycles. The number of aromatic amines is 1. The van der Waals surface area contributed by atoms with E-state index >= 15 is 0 Å². The zero-order valence-electron chi connectivity index (χ0n) is 11.8. The summed E-state index contributed by atoms with van der Waals surface area (Å²) in [5, 5.41) is 13.2. The maximum Gasteiger partial charge on any atom is 0.188 e. The number of rotatable bonds is 5. The fraction of sp³-hybridized carbons (Fsp3) is 0.200. The van der Waals surface area contributed by atoms with Crippen molar-refractivity contribution >= 4 is 28.8 Å². The molecule has 108 valence electrons. The minimum Gasteiger partial charge on any atom is -0.378 e. The van der Waals surface area contributed by atoms with E-state index in [1.165, 1.54) is 16.8 Å². The molecule has 1 aromatic carbocycles. The molecule has 6 heteroatoms. The maximum absolute atomic E-state index is 4.11. The molecule has 1 atom stereocenters. The molecule has 0 saturated heterocycles. The van der Waals surface area contributed by atoms with Gasteiger partial charge in [-0.05, 0) is 55.1 Å². The number of nitrogens with one attached hydrogen (secondary N) is 2. The minimum atomic E-state index is 0.317. The van der Waals surface area contributed by atoms with Crippen molar-refractivity contribution in [3.8, 4) is 0 Å². The van der Waals surface area contributed by atoms with Crippen LogP contribution in [0.5, 0.6) is 0 Å². The fourth-order valence-corrected chi connectivity index (χ4v) is 3.75. The van der Waals surface area contributed by atoms with Crippen LogP contribution in [0, 0.1) is 6.92 Å². The van der Waals surface area contributed by atoms with Crippen LogP contribution in [0.2, 0.25) is 0 Å². The van der Waals surface area contributed by atoms with Crippen LogP contribution < -0.4 is 5.32 Å². The summed E-state index contributed by atoms with van der Waals surface area (Å²) in [4.78, 5) is 6.63. The quantitative estimate of drug-likeness (QED) is 0.728. The molecule has 2 heterocycles. The molecule has 0 fully saturated rings. The highest BCUT2D eigenvalue weighted by Gasteiger charge is 2.09. The van der Waals surface area contributed by atoms with E-state index in [1.54, 1.807) is 23.1 Å². The van der Waals surface area contributed by atoms with Gasteiger partial charge >= 0.3 is 0 Å². The first-order valence-electron chi connectivity index (χ1n) is 6.66. The van der Waals surface area contributed by atoms with Crippen LogP contribution in [-0.2, 0) is 0 Å². The number of H-pyrrole nitrogens is 1. The average molecular weight is 316 g/mol. The van der Waals surface area contributed by atoms with Crippen LogP contribution in [0.3, 0.4) is 0 Å². The standard InChI is InChI=1S/C15H16N4S2/c1-10-7-8-20-14(10)11(2)18-12-3-5-13(6-4-12)21-15-16-9-17-19-15/h3-9,11,18H,1-2H3,(H,16,17,19). The summed E-state index contributed by atoms with van der Waals surface area (Å²) >= 11 is 3.36. The Balaban J connectivity index is 1.66. The maximum atomic E-state index is 4.11. The van der Waals surface area contributed by atoms with Crippen molar-refractivity contribution < 1.29 is 0 Å². The van der Waals surface area contributed by atoms with Crippen molar-refractivity contribution in [2.75, 3.05) is 5.32 Å². The number of hydrogen-bond donors (Lipinski definition) is 2. The lowest BCUT2D eigenvalue weighted by Gasteiger charge is -2.15. The molecule has 0 aliphatic rings. The normalized spacial score (nSPS) is 12.3. The SMILES string of the molecule is Cc1ccsc1C(C)Nc1ccc(Sc2ncn[nH]2)cc1. The van der Waals surface area contributed by atoms with Gasteiger partial charge in [0.15, 0.2) is 5.16 Å². The Labute approximate surface area is 132 Å².